The lowest BCUT2D eigenvalue weighted by molar-refractivity contribution is -0.116. The fourth-order valence-corrected chi connectivity index (χ4v) is 3.63. The molecular formula is C19H21NO4S. The highest BCUT2D eigenvalue weighted by molar-refractivity contribution is 7.10. The van der Waals surface area contributed by atoms with Gasteiger partial charge in [-0.1, -0.05) is 12.1 Å². The Kier molecular flexibility index (Phi) is 6.09. The van der Waals surface area contributed by atoms with Crippen LogP contribution in [0.2, 0.25) is 0 Å². The van der Waals surface area contributed by atoms with Crippen molar-refractivity contribution in [3.8, 4) is 11.5 Å². The average molecular weight is 359 g/mol. The largest absolute Gasteiger partial charge is 0.454 e. The topological polar surface area (TPSA) is 67.8 Å². The summed E-state index contributed by atoms with van der Waals surface area (Å²) in [7, 11) is 0. The van der Waals surface area contributed by atoms with Gasteiger partial charge in [0.2, 0.25) is 12.7 Å². The third kappa shape index (κ3) is 4.84. The van der Waals surface area contributed by atoms with Gasteiger partial charge in [-0.25, -0.2) is 0 Å². The van der Waals surface area contributed by atoms with Gasteiger partial charge in [0.25, 0.3) is 0 Å². The summed E-state index contributed by atoms with van der Waals surface area (Å²) in [4.78, 5) is 13.2. The number of hydrogen-bond donors (Lipinski definition) is 2. The van der Waals surface area contributed by atoms with Crippen LogP contribution < -0.4 is 14.8 Å². The molecule has 0 aliphatic carbocycles. The molecule has 0 unspecified atom stereocenters. The summed E-state index contributed by atoms with van der Waals surface area (Å²) in [5.74, 6) is 1.57. The predicted molar refractivity (Wildman–Crippen MR) is 98.0 cm³/mol. The molecule has 0 bridgehead atoms. The molecule has 25 heavy (non-hydrogen) atoms. The average Bonchev–Trinajstić information content (AvgIpc) is 3.30. The highest BCUT2D eigenvalue weighted by atomic mass is 32.1. The van der Waals surface area contributed by atoms with Gasteiger partial charge >= 0.3 is 0 Å². The Balaban J connectivity index is 1.47. The molecule has 1 aliphatic heterocycles. The van der Waals surface area contributed by atoms with Crippen molar-refractivity contribution < 1.29 is 19.4 Å². The predicted octanol–water partition coefficient (Wildman–Crippen LogP) is 3.16. The molecule has 1 aromatic heterocycles. The fourth-order valence-electron chi connectivity index (χ4n) is 2.73. The summed E-state index contributed by atoms with van der Waals surface area (Å²) in [6, 6.07) is 9.65. The zero-order valence-electron chi connectivity index (χ0n) is 13.8. The highest BCUT2D eigenvalue weighted by Gasteiger charge is 2.13. The van der Waals surface area contributed by atoms with Crippen molar-refractivity contribution in [1.82, 2.24) is 5.32 Å². The number of carbonyl (C=O) groups excluding carboxylic acids is 1. The molecule has 2 aromatic rings. The van der Waals surface area contributed by atoms with Crippen molar-refractivity contribution in [3.05, 3.63) is 52.2 Å². The minimum Gasteiger partial charge on any atom is -0.454 e. The first-order chi connectivity index (χ1) is 12.3. The van der Waals surface area contributed by atoms with Crippen LogP contribution in [-0.4, -0.2) is 31.0 Å². The minimum absolute atomic E-state index is 0.133. The number of aliphatic hydroxyl groups excluding tert-OH is 1. The third-order valence-corrected chi connectivity index (χ3v) is 5.07. The van der Waals surface area contributed by atoms with Gasteiger partial charge in [-0.3, -0.25) is 4.79 Å². The number of aliphatic hydroxyl groups is 1. The van der Waals surface area contributed by atoms with E-state index in [0.29, 0.717) is 18.7 Å². The minimum atomic E-state index is -0.133. The molecule has 1 atom stereocenters. The van der Waals surface area contributed by atoms with Crippen LogP contribution in [0.4, 0.5) is 0 Å². The molecule has 5 nitrogen and oxygen atoms in total. The molecule has 2 N–H and O–H groups in total. The maximum absolute atomic E-state index is 12.0. The van der Waals surface area contributed by atoms with E-state index >= 15 is 0 Å². The molecule has 1 aliphatic rings. The van der Waals surface area contributed by atoms with E-state index < -0.39 is 0 Å². The van der Waals surface area contributed by atoms with Crippen LogP contribution in [0.1, 0.15) is 29.2 Å². The van der Waals surface area contributed by atoms with Crippen LogP contribution in [0.5, 0.6) is 11.5 Å². The number of ether oxygens (including phenoxy) is 2. The number of rotatable bonds is 8. The third-order valence-electron chi connectivity index (χ3n) is 4.04. The van der Waals surface area contributed by atoms with E-state index in [0.717, 1.165) is 17.7 Å². The molecule has 132 valence electrons. The summed E-state index contributed by atoms with van der Waals surface area (Å²) < 4.78 is 10.6. The van der Waals surface area contributed by atoms with E-state index in [1.54, 1.807) is 17.4 Å². The molecule has 0 saturated heterocycles. The molecule has 0 fully saturated rings. The van der Waals surface area contributed by atoms with Crippen LogP contribution in [0, 0.1) is 0 Å². The SMILES string of the molecule is O=C(/C=C/c1ccc2c(c1)OCO2)NCC[C@H](CCO)c1cccs1. The van der Waals surface area contributed by atoms with Gasteiger partial charge in [-0.2, -0.15) is 0 Å². The summed E-state index contributed by atoms with van der Waals surface area (Å²) in [6.45, 7) is 0.968. The quantitative estimate of drug-likeness (QED) is 0.711. The van der Waals surface area contributed by atoms with Crippen molar-refractivity contribution >= 4 is 23.3 Å². The lowest BCUT2D eigenvalue weighted by Gasteiger charge is -2.14. The summed E-state index contributed by atoms with van der Waals surface area (Å²) in [5, 5.41) is 14.1. The molecule has 1 aromatic carbocycles. The normalized spacial score (nSPS) is 14.0. The van der Waals surface area contributed by atoms with Crippen LogP contribution >= 0.6 is 11.3 Å². The first-order valence-electron chi connectivity index (χ1n) is 8.26. The second-order valence-corrected chi connectivity index (χ2v) is 6.73. The molecule has 0 radical (unpaired) electrons. The Bertz CT molecular complexity index is 727. The molecule has 2 heterocycles. The van der Waals surface area contributed by atoms with Crippen molar-refractivity contribution in [1.29, 1.82) is 0 Å². The number of fused-ring (bicyclic) bond motifs is 1. The number of thiophene rings is 1. The lowest BCUT2D eigenvalue weighted by atomic mass is 10.00. The Morgan fingerprint density at radius 2 is 2.16 bits per heavy atom. The zero-order chi connectivity index (χ0) is 17.5. The Labute approximate surface area is 150 Å². The lowest BCUT2D eigenvalue weighted by Crippen LogP contribution is -2.23. The molecule has 0 spiro atoms. The second kappa shape index (κ2) is 8.69. The molecule has 0 saturated carbocycles. The van der Waals surface area contributed by atoms with Crippen molar-refractivity contribution in [2.24, 2.45) is 0 Å². The fraction of sp³-hybridized carbons (Fsp3) is 0.316. The van der Waals surface area contributed by atoms with Gasteiger partial charge in [0.05, 0.1) is 0 Å². The van der Waals surface area contributed by atoms with Gasteiger partial charge in [0.15, 0.2) is 11.5 Å². The van der Waals surface area contributed by atoms with Crippen molar-refractivity contribution in [2.75, 3.05) is 19.9 Å². The van der Waals surface area contributed by atoms with Gasteiger partial charge in [-0.15, -0.1) is 11.3 Å². The number of carbonyl (C=O) groups is 1. The van der Waals surface area contributed by atoms with E-state index in [9.17, 15) is 9.90 Å². The standard InChI is InChI=1S/C19H21NO4S/c21-10-8-15(18-2-1-11-25-18)7-9-20-19(22)6-4-14-3-5-16-17(12-14)24-13-23-16/h1-6,11-12,15,21H,7-10,13H2,(H,20,22)/b6-4+/t15-/m1/s1. The van der Waals surface area contributed by atoms with Gasteiger partial charge in [-0.05, 0) is 54.0 Å². The molecule has 3 rings (SSSR count). The first kappa shape index (κ1) is 17.5. The monoisotopic (exact) mass is 359 g/mol. The number of nitrogens with one attached hydrogen (secondary N) is 1. The Morgan fingerprint density at radius 1 is 1.28 bits per heavy atom. The van der Waals surface area contributed by atoms with E-state index in [-0.39, 0.29) is 25.2 Å². The van der Waals surface area contributed by atoms with Crippen LogP contribution in [-0.2, 0) is 4.79 Å². The second-order valence-electron chi connectivity index (χ2n) is 5.75. The number of amides is 1. The van der Waals surface area contributed by atoms with Crippen LogP contribution in [0.15, 0.2) is 41.8 Å². The van der Waals surface area contributed by atoms with E-state index in [1.165, 1.54) is 11.0 Å². The summed E-state index contributed by atoms with van der Waals surface area (Å²) in [5.41, 5.74) is 0.885. The Morgan fingerprint density at radius 3 is 2.96 bits per heavy atom. The van der Waals surface area contributed by atoms with Crippen LogP contribution in [0.3, 0.4) is 0 Å². The van der Waals surface area contributed by atoms with E-state index in [2.05, 4.69) is 11.4 Å². The molecular weight excluding hydrogens is 338 g/mol. The first-order valence-corrected chi connectivity index (χ1v) is 9.14. The summed E-state index contributed by atoms with van der Waals surface area (Å²) >= 11 is 1.69. The van der Waals surface area contributed by atoms with E-state index in [4.69, 9.17) is 9.47 Å². The van der Waals surface area contributed by atoms with Gasteiger partial charge in [0.1, 0.15) is 0 Å². The summed E-state index contributed by atoms with van der Waals surface area (Å²) in [6.07, 6.45) is 4.79. The van der Waals surface area contributed by atoms with Crippen molar-refractivity contribution in [3.63, 3.8) is 0 Å². The number of benzene rings is 1. The van der Waals surface area contributed by atoms with E-state index in [1.807, 2.05) is 29.6 Å². The maximum Gasteiger partial charge on any atom is 0.243 e. The number of hydrogen-bond acceptors (Lipinski definition) is 5. The maximum atomic E-state index is 12.0. The van der Waals surface area contributed by atoms with Crippen molar-refractivity contribution in [2.45, 2.75) is 18.8 Å². The van der Waals surface area contributed by atoms with Crippen LogP contribution in [0.25, 0.3) is 6.08 Å². The zero-order valence-corrected chi connectivity index (χ0v) is 14.6. The van der Waals surface area contributed by atoms with Gasteiger partial charge < -0.3 is 19.9 Å². The molecule has 1 amide bonds. The smallest absolute Gasteiger partial charge is 0.243 e. The highest BCUT2D eigenvalue weighted by Crippen LogP contribution is 2.32. The molecule has 6 heteroatoms. The Hall–Kier alpha value is -2.31. The van der Waals surface area contributed by atoms with Gasteiger partial charge in [0, 0.05) is 24.1 Å².